The van der Waals surface area contributed by atoms with Crippen LogP contribution < -0.4 is 0 Å². The van der Waals surface area contributed by atoms with Crippen LogP contribution in [0.2, 0.25) is 0 Å². The van der Waals surface area contributed by atoms with E-state index in [2.05, 4.69) is 4.98 Å². The molecule has 0 aliphatic heterocycles. The van der Waals surface area contributed by atoms with Crippen LogP contribution in [-0.2, 0) is 0 Å². The van der Waals surface area contributed by atoms with Gasteiger partial charge in [0.1, 0.15) is 6.33 Å². The van der Waals surface area contributed by atoms with E-state index in [0.717, 1.165) is 10.8 Å². The van der Waals surface area contributed by atoms with Crippen molar-refractivity contribution in [2.75, 3.05) is 0 Å². The summed E-state index contributed by atoms with van der Waals surface area (Å²) in [6, 6.07) is 0. The lowest BCUT2D eigenvalue weighted by molar-refractivity contribution is 0.0751. The molecule has 0 unspecified atom stereocenters. The van der Waals surface area contributed by atoms with Gasteiger partial charge in [-0.2, -0.15) is 4.39 Å². The summed E-state index contributed by atoms with van der Waals surface area (Å²) in [6.45, 7) is 5.19. The van der Waals surface area contributed by atoms with Gasteiger partial charge in [0.15, 0.2) is 0 Å². The zero-order chi connectivity index (χ0) is 9.35. The highest BCUT2D eigenvalue weighted by Crippen LogP contribution is 2.16. The minimum atomic E-state index is -0.616. The highest BCUT2D eigenvalue weighted by molar-refractivity contribution is 5.83. The van der Waals surface area contributed by atoms with Gasteiger partial charge >= 0.3 is 0 Å². The first-order valence-electron chi connectivity index (χ1n) is 3.65. The molecule has 0 aromatic carbocycles. The van der Waals surface area contributed by atoms with E-state index in [4.69, 9.17) is 0 Å². The SMILES string of the molecule is CC(C)(C)C(=O)n1cncc1F. The Labute approximate surface area is 70.2 Å². The van der Waals surface area contributed by atoms with Crippen LogP contribution in [0, 0.1) is 11.4 Å². The topological polar surface area (TPSA) is 34.9 Å². The fourth-order valence-electron chi connectivity index (χ4n) is 0.790. The largest absolute Gasteiger partial charge is 0.273 e. The van der Waals surface area contributed by atoms with Crippen LogP contribution in [-0.4, -0.2) is 15.5 Å². The Bertz CT molecular complexity index is 298. The van der Waals surface area contributed by atoms with E-state index in [-0.39, 0.29) is 5.91 Å². The molecule has 1 heterocycles. The average molecular weight is 170 g/mol. The molecule has 0 spiro atoms. The second-order valence-corrected chi connectivity index (χ2v) is 3.64. The number of aromatic nitrogens is 2. The Balaban J connectivity index is 3.01. The first-order valence-corrected chi connectivity index (χ1v) is 3.65. The van der Waals surface area contributed by atoms with E-state index in [1.54, 1.807) is 20.8 Å². The number of halogens is 1. The number of hydrogen-bond donors (Lipinski definition) is 0. The summed E-state index contributed by atoms with van der Waals surface area (Å²) >= 11 is 0. The minimum Gasteiger partial charge on any atom is -0.273 e. The molecular weight excluding hydrogens is 159 g/mol. The van der Waals surface area contributed by atoms with Crippen LogP contribution in [0.25, 0.3) is 0 Å². The summed E-state index contributed by atoms with van der Waals surface area (Å²) in [6.07, 6.45) is 2.20. The van der Waals surface area contributed by atoms with Crippen LogP contribution in [0.1, 0.15) is 25.6 Å². The van der Waals surface area contributed by atoms with E-state index in [9.17, 15) is 9.18 Å². The maximum atomic E-state index is 12.8. The molecule has 0 radical (unpaired) electrons. The van der Waals surface area contributed by atoms with Crippen molar-refractivity contribution in [3.63, 3.8) is 0 Å². The maximum Gasteiger partial charge on any atom is 0.239 e. The Hall–Kier alpha value is -1.19. The van der Waals surface area contributed by atoms with Gasteiger partial charge < -0.3 is 0 Å². The second kappa shape index (κ2) is 2.69. The molecule has 1 aromatic rings. The summed E-state index contributed by atoms with van der Waals surface area (Å²) in [5.74, 6) is -0.910. The molecule has 1 aromatic heterocycles. The van der Waals surface area contributed by atoms with E-state index in [1.165, 1.54) is 6.33 Å². The Kier molecular flexibility index (Phi) is 2.00. The predicted octanol–water partition coefficient (Wildman–Crippen LogP) is 1.71. The van der Waals surface area contributed by atoms with Crippen molar-refractivity contribution in [2.24, 2.45) is 5.41 Å². The molecule has 0 amide bonds. The van der Waals surface area contributed by atoms with Gasteiger partial charge in [0, 0.05) is 5.41 Å². The number of rotatable bonds is 0. The van der Waals surface area contributed by atoms with Crippen molar-refractivity contribution in [1.82, 2.24) is 9.55 Å². The van der Waals surface area contributed by atoms with Crippen LogP contribution >= 0.6 is 0 Å². The number of imidazole rings is 1. The van der Waals surface area contributed by atoms with Crippen molar-refractivity contribution >= 4 is 5.91 Å². The number of nitrogens with zero attached hydrogens (tertiary/aromatic N) is 2. The molecule has 0 aliphatic rings. The van der Waals surface area contributed by atoms with Gasteiger partial charge in [-0.25, -0.2) is 9.55 Å². The number of hydrogen-bond acceptors (Lipinski definition) is 2. The third-order valence-electron chi connectivity index (χ3n) is 1.45. The molecule has 0 saturated carbocycles. The van der Waals surface area contributed by atoms with E-state index < -0.39 is 11.4 Å². The van der Waals surface area contributed by atoms with Gasteiger partial charge in [-0.05, 0) is 0 Å². The summed E-state index contributed by atoms with van der Waals surface area (Å²) < 4.78 is 13.7. The molecule has 0 saturated heterocycles. The molecule has 0 fully saturated rings. The normalized spacial score (nSPS) is 11.7. The van der Waals surface area contributed by atoms with Crippen molar-refractivity contribution in [3.8, 4) is 0 Å². The molecule has 0 N–H and O–H groups in total. The van der Waals surface area contributed by atoms with Crippen molar-refractivity contribution in [1.29, 1.82) is 0 Å². The lowest BCUT2D eigenvalue weighted by Gasteiger charge is -2.16. The van der Waals surface area contributed by atoms with E-state index in [0.29, 0.717) is 0 Å². The van der Waals surface area contributed by atoms with E-state index >= 15 is 0 Å². The third kappa shape index (κ3) is 1.52. The quantitative estimate of drug-likeness (QED) is 0.594. The van der Waals surface area contributed by atoms with Gasteiger partial charge in [0.2, 0.25) is 11.9 Å². The standard InChI is InChI=1S/C8H11FN2O/c1-8(2,3)7(12)11-5-10-4-6(11)9/h4-5H,1-3H3. The van der Waals surface area contributed by atoms with Crippen molar-refractivity contribution < 1.29 is 9.18 Å². The fourth-order valence-corrected chi connectivity index (χ4v) is 0.790. The van der Waals surface area contributed by atoms with Crippen LogP contribution in [0.4, 0.5) is 4.39 Å². The van der Waals surface area contributed by atoms with Crippen molar-refractivity contribution in [3.05, 3.63) is 18.5 Å². The molecule has 0 atom stereocenters. The van der Waals surface area contributed by atoms with Crippen molar-refractivity contribution in [2.45, 2.75) is 20.8 Å². The molecular formula is C8H11FN2O. The Morgan fingerprint density at radius 2 is 2.17 bits per heavy atom. The first kappa shape index (κ1) is 8.90. The number of carbonyl (C=O) groups is 1. The second-order valence-electron chi connectivity index (χ2n) is 3.64. The summed E-state index contributed by atoms with van der Waals surface area (Å²) in [5.41, 5.74) is -0.582. The smallest absolute Gasteiger partial charge is 0.239 e. The van der Waals surface area contributed by atoms with E-state index in [1.807, 2.05) is 0 Å². The maximum absolute atomic E-state index is 12.8. The highest BCUT2D eigenvalue weighted by Gasteiger charge is 2.24. The molecule has 12 heavy (non-hydrogen) atoms. The van der Waals surface area contributed by atoms with Crippen LogP contribution in [0.5, 0.6) is 0 Å². The Morgan fingerprint density at radius 1 is 1.58 bits per heavy atom. The third-order valence-corrected chi connectivity index (χ3v) is 1.45. The lowest BCUT2D eigenvalue weighted by atomic mass is 9.96. The van der Waals surface area contributed by atoms with Gasteiger partial charge in [-0.3, -0.25) is 4.79 Å². The Morgan fingerprint density at radius 3 is 2.50 bits per heavy atom. The first-order chi connectivity index (χ1) is 5.43. The van der Waals surface area contributed by atoms with Crippen LogP contribution in [0.3, 0.4) is 0 Å². The average Bonchev–Trinajstić information content (AvgIpc) is 2.31. The molecule has 0 bridgehead atoms. The zero-order valence-corrected chi connectivity index (χ0v) is 7.34. The van der Waals surface area contributed by atoms with Gasteiger partial charge in [-0.1, -0.05) is 20.8 Å². The minimum absolute atomic E-state index is 0.294. The molecule has 3 nitrogen and oxygen atoms in total. The lowest BCUT2D eigenvalue weighted by Crippen LogP contribution is -2.27. The summed E-state index contributed by atoms with van der Waals surface area (Å²) in [7, 11) is 0. The van der Waals surface area contributed by atoms with Gasteiger partial charge in [-0.15, -0.1) is 0 Å². The monoisotopic (exact) mass is 170 g/mol. The molecule has 0 aliphatic carbocycles. The van der Waals surface area contributed by atoms with Gasteiger partial charge in [0.05, 0.1) is 6.20 Å². The fraction of sp³-hybridized carbons (Fsp3) is 0.500. The van der Waals surface area contributed by atoms with Crippen LogP contribution in [0.15, 0.2) is 12.5 Å². The zero-order valence-electron chi connectivity index (χ0n) is 7.34. The summed E-state index contributed by atoms with van der Waals surface area (Å²) in [5, 5.41) is 0. The summed E-state index contributed by atoms with van der Waals surface area (Å²) in [4.78, 5) is 15.0. The molecule has 66 valence electrons. The van der Waals surface area contributed by atoms with Gasteiger partial charge in [0.25, 0.3) is 0 Å². The number of carbonyl (C=O) groups excluding carboxylic acids is 1. The molecule has 4 heteroatoms. The highest BCUT2D eigenvalue weighted by atomic mass is 19.1. The predicted molar refractivity (Wildman–Crippen MR) is 42.3 cm³/mol. The molecule has 1 rings (SSSR count).